The molecule has 4 heterocycles. The zero-order valence-electron chi connectivity index (χ0n) is 18.6. The number of amides is 2. The Bertz CT molecular complexity index is 1450. The predicted molar refractivity (Wildman–Crippen MR) is 127 cm³/mol. The molecule has 0 aliphatic carbocycles. The summed E-state index contributed by atoms with van der Waals surface area (Å²) < 4.78 is 11.7. The molecule has 10 nitrogen and oxygen atoms in total. The Morgan fingerprint density at radius 3 is 2.88 bits per heavy atom. The van der Waals surface area contributed by atoms with Gasteiger partial charge in [-0.3, -0.25) is 9.59 Å². The molecular formula is C23H21ClN6O4. The molecule has 1 aromatic carbocycles. The van der Waals surface area contributed by atoms with E-state index in [1.807, 2.05) is 26.8 Å². The summed E-state index contributed by atoms with van der Waals surface area (Å²) in [6.45, 7) is 6.17. The van der Waals surface area contributed by atoms with Gasteiger partial charge in [-0.1, -0.05) is 0 Å². The average molecular weight is 481 g/mol. The number of hydrogen-bond acceptors (Lipinski definition) is 8. The molecule has 2 amide bonds. The lowest BCUT2D eigenvalue weighted by Gasteiger charge is -2.12. The number of ether oxygens (including phenoxy) is 1. The third-order valence-electron chi connectivity index (χ3n) is 5.26. The molecule has 1 unspecified atom stereocenters. The number of carbonyl (C=O) groups is 2. The quantitative estimate of drug-likeness (QED) is 0.375. The van der Waals surface area contributed by atoms with Crippen molar-refractivity contribution in [2.24, 2.45) is 0 Å². The molecule has 0 saturated carbocycles. The van der Waals surface area contributed by atoms with Gasteiger partial charge in [-0.15, -0.1) is 0 Å². The van der Waals surface area contributed by atoms with Crippen LogP contribution in [0.2, 0.25) is 5.28 Å². The lowest BCUT2D eigenvalue weighted by atomic mass is 10.1. The third kappa shape index (κ3) is 3.96. The Morgan fingerprint density at radius 2 is 2.09 bits per heavy atom. The van der Waals surface area contributed by atoms with E-state index in [0.29, 0.717) is 23.3 Å². The third-order valence-corrected chi connectivity index (χ3v) is 5.44. The number of benzene rings is 1. The van der Waals surface area contributed by atoms with E-state index < -0.39 is 0 Å². The second-order valence-electron chi connectivity index (χ2n) is 8.30. The van der Waals surface area contributed by atoms with Crippen LogP contribution in [-0.2, 0) is 0 Å². The Morgan fingerprint density at radius 1 is 1.26 bits per heavy atom. The molecule has 4 aromatic rings. The van der Waals surface area contributed by atoms with Crippen molar-refractivity contribution in [1.29, 1.82) is 0 Å². The molecule has 3 aromatic heterocycles. The number of carbonyl (C=O) groups excluding carboxylic acids is 2. The first-order valence-corrected chi connectivity index (χ1v) is 11.1. The van der Waals surface area contributed by atoms with E-state index in [2.05, 4.69) is 30.9 Å². The first-order chi connectivity index (χ1) is 16.3. The van der Waals surface area contributed by atoms with Crippen molar-refractivity contribution in [3.05, 3.63) is 47.1 Å². The predicted octanol–water partition coefficient (Wildman–Crippen LogP) is 3.90. The minimum Gasteiger partial charge on any atom is -0.449 e. The van der Waals surface area contributed by atoms with Crippen LogP contribution in [0.5, 0.6) is 11.8 Å². The van der Waals surface area contributed by atoms with E-state index >= 15 is 0 Å². The number of rotatable bonds is 4. The molecule has 5 rings (SSSR count). The zero-order valence-corrected chi connectivity index (χ0v) is 19.4. The van der Waals surface area contributed by atoms with Crippen LogP contribution in [-0.4, -0.2) is 45.4 Å². The molecule has 1 atom stereocenters. The van der Waals surface area contributed by atoms with Gasteiger partial charge in [0, 0.05) is 36.3 Å². The monoisotopic (exact) mass is 480 g/mol. The van der Waals surface area contributed by atoms with Gasteiger partial charge in [0.25, 0.3) is 11.8 Å². The van der Waals surface area contributed by atoms with E-state index in [4.69, 9.17) is 20.8 Å². The standard InChI is InChI=1S/C23H21ClN6O4/c1-10(2)27-20(31)13-9-26-23(24)30-22(13)34-16-7-4-12-14(29-16)5-6-15-17(12)18-19(33-15)21(32)28-11(3)8-25-18/h4-7,9-11,25H,8H2,1-3H3,(H,27,31)(H,28,32). The summed E-state index contributed by atoms with van der Waals surface area (Å²) in [6.07, 6.45) is 1.31. The number of fused-ring (bicyclic) bond motifs is 5. The van der Waals surface area contributed by atoms with Gasteiger partial charge < -0.3 is 25.1 Å². The van der Waals surface area contributed by atoms with Gasteiger partial charge in [0.2, 0.25) is 22.8 Å². The summed E-state index contributed by atoms with van der Waals surface area (Å²) in [5, 5.41) is 10.5. The van der Waals surface area contributed by atoms with Gasteiger partial charge in [0.05, 0.1) is 16.6 Å². The molecule has 0 bridgehead atoms. The topological polar surface area (TPSA) is 131 Å². The van der Waals surface area contributed by atoms with Crippen molar-refractivity contribution in [1.82, 2.24) is 25.6 Å². The fraction of sp³-hybridized carbons (Fsp3) is 0.261. The first-order valence-electron chi connectivity index (χ1n) is 10.7. The number of anilines is 1. The maximum Gasteiger partial charge on any atom is 0.289 e. The summed E-state index contributed by atoms with van der Waals surface area (Å²) >= 11 is 5.94. The van der Waals surface area contributed by atoms with Crippen LogP contribution in [0.25, 0.3) is 21.9 Å². The maximum atomic E-state index is 12.5. The summed E-state index contributed by atoms with van der Waals surface area (Å²) in [7, 11) is 0. The zero-order chi connectivity index (χ0) is 24.0. The van der Waals surface area contributed by atoms with Crippen molar-refractivity contribution in [3.63, 3.8) is 0 Å². The minimum absolute atomic E-state index is 0.00409. The number of hydrogen-bond donors (Lipinski definition) is 3. The molecule has 0 fully saturated rings. The van der Waals surface area contributed by atoms with Crippen LogP contribution >= 0.6 is 11.6 Å². The van der Waals surface area contributed by atoms with Crippen molar-refractivity contribution in [2.45, 2.75) is 32.9 Å². The summed E-state index contributed by atoms with van der Waals surface area (Å²) in [6, 6.07) is 6.87. The fourth-order valence-electron chi connectivity index (χ4n) is 3.78. The van der Waals surface area contributed by atoms with Gasteiger partial charge in [-0.05, 0) is 50.6 Å². The van der Waals surface area contributed by atoms with Crippen LogP contribution in [0.1, 0.15) is 41.7 Å². The SMILES string of the molecule is CC(C)NC(=O)c1cnc(Cl)nc1Oc1ccc2c(ccc3oc4c(c32)NCC(C)NC4=O)n1. The lowest BCUT2D eigenvalue weighted by Crippen LogP contribution is -2.34. The molecule has 0 spiro atoms. The highest BCUT2D eigenvalue weighted by molar-refractivity contribution is 6.28. The summed E-state index contributed by atoms with van der Waals surface area (Å²) in [5.74, 6) is -0.199. The summed E-state index contributed by atoms with van der Waals surface area (Å²) in [5.41, 5.74) is 1.95. The van der Waals surface area contributed by atoms with Gasteiger partial charge in [-0.2, -0.15) is 4.98 Å². The van der Waals surface area contributed by atoms with E-state index in [1.165, 1.54) is 6.20 Å². The smallest absolute Gasteiger partial charge is 0.289 e. The normalized spacial score (nSPS) is 15.6. The number of nitrogens with one attached hydrogen (secondary N) is 3. The van der Waals surface area contributed by atoms with Crippen LogP contribution < -0.4 is 20.7 Å². The molecule has 0 saturated heterocycles. The molecule has 3 N–H and O–H groups in total. The second kappa shape index (κ2) is 8.45. The van der Waals surface area contributed by atoms with Gasteiger partial charge >= 0.3 is 0 Å². The molecule has 1 aliphatic rings. The van der Waals surface area contributed by atoms with Gasteiger partial charge in [-0.25, -0.2) is 9.97 Å². The fourth-order valence-corrected chi connectivity index (χ4v) is 3.91. The van der Waals surface area contributed by atoms with Crippen LogP contribution in [0.3, 0.4) is 0 Å². The Balaban J connectivity index is 1.55. The van der Waals surface area contributed by atoms with Crippen LogP contribution in [0.15, 0.2) is 34.9 Å². The van der Waals surface area contributed by atoms with Crippen molar-refractivity contribution < 1.29 is 18.7 Å². The molecule has 11 heteroatoms. The molecule has 34 heavy (non-hydrogen) atoms. The molecule has 174 valence electrons. The minimum atomic E-state index is -0.385. The Labute approximate surface area is 199 Å². The van der Waals surface area contributed by atoms with Gasteiger partial charge in [0.1, 0.15) is 11.1 Å². The Hall–Kier alpha value is -3.92. The number of aromatic nitrogens is 3. The second-order valence-corrected chi connectivity index (χ2v) is 8.64. The van der Waals surface area contributed by atoms with Gasteiger partial charge in [0.15, 0.2) is 0 Å². The average Bonchev–Trinajstić information content (AvgIpc) is 3.09. The van der Waals surface area contributed by atoms with Crippen LogP contribution in [0, 0.1) is 0 Å². The maximum absolute atomic E-state index is 12.5. The number of pyridine rings is 1. The highest BCUT2D eigenvalue weighted by Crippen LogP contribution is 2.38. The summed E-state index contributed by atoms with van der Waals surface area (Å²) in [4.78, 5) is 37.6. The number of halogens is 1. The van der Waals surface area contributed by atoms with Crippen LogP contribution in [0.4, 0.5) is 5.69 Å². The highest BCUT2D eigenvalue weighted by Gasteiger charge is 2.27. The van der Waals surface area contributed by atoms with Crippen molar-refractivity contribution in [3.8, 4) is 11.8 Å². The molecule has 0 radical (unpaired) electrons. The van der Waals surface area contributed by atoms with E-state index in [-0.39, 0.29) is 52.3 Å². The molecular weight excluding hydrogens is 460 g/mol. The number of nitrogens with zero attached hydrogens (tertiary/aromatic N) is 3. The van der Waals surface area contributed by atoms with E-state index in [1.54, 1.807) is 18.2 Å². The largest absolute Gasteiger partial charge is 0.449 e. The highest BCUT2D eigenvalue weighted by atomic mass is 35.5. The van der Waals surface area contributed by atoms with Crippen molar-refractivity contribution in [2.75, 3.05) is 11.9 Å². The number of furan rings is 1. The lowest BCUT2D eigenvalue weighted by molar-refractivity contribution is 0.0917. The Kier molecular flexibility index (Phi) is 5.45. The first kappa shape index (κ1) is 21.9. The van der Waals surface area contributed by atoms with E-state index in [0.717, 1.165) is 10.8 Å². The molecule has 1 aliphatic heterocycles. The van der Waals surface area contributed by atoms with Crippen molar-refractivity contribution >= 4 is 51.0 Å². The van der Waals surface area contributed by atoms with E-state index in [9.17, 15) is 9.59 Å².